The summed E-state index contributed by atoms with van der Waals surface area (Å²) in [4.78, 5) is 14.8. The highest BCUT2D eigenvalue weighted by molar-refractivity contribution is 6.31. The van der Waals surface area contributed by atoms with Crippen molar-refractivity contribution in [1.29, 1.82) is 0 Å². The Morgan fingerprint density at radius 2 is 2.14 bits per heavy atom. The fourth-order valence-electron chi connectivity index (χ4n) is 2.67. The molecule has 1 amide bonds. The van der Waals surface area contributed by atoms with Crippen LogP contribution in [0.2, 0.25) is 5.02 Å². The van der Waals surface area contributed by atoms with Gasteiger partial charge in [0.05, 0.1) is 11.4 Å². The maximum atomic E-state index is 12.6. The first kappa shape index (κ1) is 16.6. The lowest BCUT2D eigenvalue weighted by Gasteiger charge is -2.44. The largest absolute Gasteiger partial charge is 0.353 e. The molecule has 2 rings (SSSR count). The van der Waals surface area contributed by atoms with Gasteiger partial charge in [0.1, 0.15) is 6.04 Å². The van der Waals surface area contributed by atoms with E-state index in [-0.39, 0.29) is 17.4 Å². The summed E-state index contributed by atoms with van der Waals surface area (Å²) in [7, 11) is 0. The van der Waals surface area contributed by atoms with Crippen LogP contribution >= 0.6 is 11.6 Å². The molecule has 0 aliphatic carbocycles. The van der Waals surface area contributed by atoms with Gasteiger partial charge in [-0.3, -0.25) is 4.79 Å². The summed E-state index contributed by atoms with van der Waals surface area (Å²) in [5.74, 6) is -0.0121. The molecule has 1 unspecified atom stereocenters. The quantitative estimate of drug-likeness (QED) is 0.820. The number of anilines is 2. The molecule has 0 saturated heterocycles. The predicted molar refractivity (Wildman–Crippen MR) is 94.6 cm³/mol. The van der Waals surface area contributed by atoms with Crippen LogP contribution in [-0.2, 0) is 4.79 Å². The van der Waals surface area contributed by atoms with Crippen molar-refractivity contribution < 1.29 is 4.79 Å². The van der Waals surface area contributed by atoms with Crippen molar-refractivity contribution in [2.24, 2.45) is 5.41 Å². The van der Waals surface area contributed by atoms with Crippen LogP contribution in [0, 0.1) is 5.41 Å². The molecule has 22 heavy (non-hydrogen) atoms. The topological polar surface area (TPSA) is 32.3 Å². The van der Waals surface area contributed by atoms with Gasteiger partial charge in [0.15, 0.2) is 0 Å². The zero-order valence-electron chi connectivity index (χ0n) is 13.6. The van der Waals surface area contributed by atoms with Crippen LogP contribution in [0.1, 0.15) is 27.7 Å². The van der Waals surface area contributed by atoms with Crippen molar-refractivity contribution >= 4 is 28.9 Å². The lowest BCUT2D eigenvalue weighted by Crippen LogP contribution is -2.55. The fraction of sp³-hybridized carbons (Fsp3) is 0.389. The number of allylic oxidation sites excluding steroid dienone is 1. The van der Waals surface area contributed by atoms with Gasteiger partial charge in [-0.15, -0.1) is 6.58 Å². The third kappa shape index (κ3) is 3.20. The molecule has 1 atom stereocenters. The molecule has 0 fully saturated rings. The molecule has 1 aliphatic rings. The van der Waals surface area contributed by atoms with E-state index in [1.54, 1.807) is 6.07 Å². The Labute approximate surface area is 137 Å². The SMILES string of the molecule is C=CC(C)(C)C1C(=O)Nc2ccc(Cl)cc2N1CC=C(C)C. The van der Waals surface area contributed by atoms with Gasteiger partial charge >= 0.3 is 0 Å². The Balaban J connectivity index is 2.55. The van der Waals surface area contributed by atoms with Crippen LogP contribution < -0.4 is 10.2 Å². The molecule has 1 aliphatic heterocycles. The number of amides is 1. The smallest absolute Gasteiger partial charge is 0.248 e. The van der Waals surface area contributed by atoms with Gasteiger partial charge < -0.3 is 10.2 Å². The molecule has 0 spiro atoms. The van der Waals surface area contributed by atoms with E-state index < -0.39 is 0 Å². The number of hydrogen-bond acceptors (Lipinski definition) is 2. The van der Waals surface area contributed by atoms with Crippen LogP contribution in [0.25, 0.3) is 0 Å². The van der Waals surface area contributed by atoms with Crippen molar-refractivity contribution in [3.05, 3.63) is 47.5 Å². The first-order chi connectivity index (χ1) is 10.3. The molecule has 0 bridgehead atoms. The molecule has 1 aromatic rings. The third-order valence-electron chi connectivity index (χ3n) is 4.01. The van der Waals surface area contributed by atoms with Gasteiger partial charge in [0, 0.05) is 17.0 Å². The van der Waals surface area contributed by atoms with Crippen molar-refractivity contribution in [3.63, 3.8) is 0 Å². The normalized spacial score (nSPS) is 17.6. The molecule has 0 radical (unpaired) electrons. The summed E-state index contributed by atoms with van der Waals surface area (Å²) in [5, 5.41) is 3.65. The fourth-order valence-corrected chi connectivity index (χ4v) is 2.83. The molecule has 4 heteroatoms. The summed E-state index contributed by atoms with van der Waals surface area (Å²) in [6.07, 6.45) is 3.96. The minimum Gasteiger partial charge on any atom is -0.353 e. The number of carbonyl (C=O) groups excluding carboxylic acids is 1. The lowest BCUT2D eigenvalue weighted by molar-refractivity contribution is -0.119. The Kier molecular flexibility index (Phi) is 4.66. The summed E-state index contributed by atoms with van der Waals surface area (Å²) < 4.78 is 0. The van der Waals surface area contributed by atoms with Crippen LogP contribution in [-0.4, -0.2) is 18.5 Å². The average Bonchev–Trinajstić information content (AvgIpc) is 2.44. The Morgan fingerprint density at radius 3 is 2.73 bits per heavy atom. The number of nitrogens with zero attached hydrogens (tertiary/aromatic N) is 1. The highest BCUT2D eigenvalue weighted by Crippen LogP contribution is 2.40. The molecule has 0 aromatic heterocycles. The van der Waals surface area contributed by atoms with Gasteiger partial charge in [-0.2, -0.15) is 0 Å². The second-order valence-corrected chi connectivity index (χ2v) is 6.95. The molecule has 3 nitrogen and oxygen atoms in total. The second-order valence-electron chi connectivity index (χ2n) is 6.51. The van der Waals surface area contributed by atoms with Crippen molar-refractivity contribution in [1.82, 2.24) is 0 Å². The number of nitrogens with one attached hydrogen (secondary N) is 1. The highest BCUT2D eigenvalue weighted by Gasteiger charge is 2.41. The predicted octanol–water partition coefficient (Wildman–Crippen LogP) is 4.65. The number of fused-ring (bicyclic) bond motifs is 1. The standard InChI is InChI=1S/C18H23ClN2O/c1-6-18(4,5)16-17(22)20-14-8-7-13(19)11-15(14)21(16)10-9-12(2)3/h6-9,11,16H,1,10H2,2-5H3,(H,20,22). The van der Waals surface area contributed by atoms with Gasteiger partial charge in [-0.05, 0) is 32.0 Å². The van der Waals surface area contributed by atoms with E-state index in [0.717, 1.165) is 11.4 Å². The monoisotopic (exact) mass is 318 g/mol. The number of rotatable bonds is 4. The Morgan fingerprint density at radius 1 is 1.45 bits per heavy atom. The molecular weight excluding hydrogens is 296 g/mol. The molecule has 0 saturated carbocycles. The zero-order valence-corrected chi connectivity index (χ0v) is 14.4. The van der Waals surface area contributed by atoms with E-state index >= 15 is 0 Å². The van der Waals surface area contributed by atoms with Crippen LogP contribution in [0.15, 0.2) is 42.5 Å². The summed E-state index contributed by atoms with van der Waals surface area (Å²) >= 11 is 6.16. The second kappa shape index (κ2) is 6.17. The van der Waals surface area contributed by atoms with E-state index in [4.69, 9.17) is 11.6 Å². The Bertz CT molecular complexity index is 630. The van der Waals surface area contributed by atoms with Crippen molar-refractivity contribution in [2.75, 3.05) is 16.8 Å². The minimum atomic E-state index is -0.362. The van der Waals surface area contributed by atoms with E-state index in [0.29, 0.717) is 11.6 Å². The van der Waals surface area contributed by atoms with E-state index in [1.165, 1.54) is 5.57 Å². The Hall–Kier alpha value is -1.74. The lowest BCUT2D eigenvalue weighted by atomic mass is 9.81. The van der Waals surface area contributed by atoms with Gasteiger partial charge in [-0.1, -0.05) is 43.2 Å². The van der Waals surface area contributed by atoms with E-state index in [1.807, 2.05) is 32.1 Å². The van der Waals surface area contributed by atoms with Crippen molar-refractivity contribution in [3.8, 4) is 0 Å². The molecule has 118 valence electrons. The maximum absolute atomic E-state index is 12.6. The average molecular weight is 319 g/mol. The third-order valence-corrected chi connectivity index (χ3v) is 4.25. The number of benzene rings is 1. The minimum absolute atomic E-state index is 0.0121. The number of carbonyl (C=O) groups is 1. The van der Waals surface area contributed by atoms with E-state index in [2.05, 4.69) is 36.7 Å². The van der Waals surface area contributed by atoms with E-state index in [9.17, 15) is 4.79 Å². The molecule has 1 aromatic carbocycles. The highest BCUT2D eigenvalue weighted by atomic mass is 35.5. The van der Waals surface area contributed by atoms with Gasteiger partial charge in [0.2, 0.25) is 5.91 Å². The molecular formula is C18H23ClN2O. The zero-order chi connectivity index (χ0) is 16.5. The number of hydrogen-bond donors (Lipinski definition) is 1. The van der Waals surface area contributed by atoms with Gasteiger partial charge in [-0.25, -0.2) is 0 Å². The first-order valence-electron chi connectivity index (χ1n) is 7.40. The summed E-state index contributed by atoms with van der Waals surface area (Å²) in [6.45, 7) is 12.7. The van der Waals surface area contributed by atoms with Crippen LogP contribution in [0.3, 0.4) is 0 Å². The molecule has 1 heterocycles. The summed E-state index contributed by atoms with van der Waals surface area (Å²) in [5.41, 5.74) is 2.60. The van der Waals surface area contributed by atoms with Gasteiger partial charge in [0.25, 0.3) is 0 Å². The van der Waals surface area contributed by atoms with Crippen LogP contribution in [0.4, 0.5) is 11.4 Å². The van der Waals surface area contributed by atoms with Crippen molar-refractivity contribution in [2.45, 2.75) is 33.7 Å². The first-order valence-corrected chi connectivity index (χ1v) is 7.78. The maximum Gasteiger partial charge on any atom is 0.248 e. The molecule has 1 N–H and O–H groups in total. The summed E-state index contributed by atoms with van der Waals surface area (Å²) in [6, 6.07) is 5.22. The number of halogens is 1. The van der Waals surface area contributed by atoms with Crippen LogP contribution in [0.5, 0.6) is 0 Å².